The zero-order valence-corrected chi connectivity index (χ0v) is 13.7. The Kier molecular flexibility index (Phi) is 4.15. The minimum atomic E-state index is -0.00255. The number of nitrogens with zero attached hydrogens (tertiary/aromatic N) is 3. The highest BCUT2D eigenvalue weighted by atomic mass is 16.1. The van der Waals surface area contributed by atoms with E-state index in [-0.39, 0.29) is 5.91 Å². The fraction of sp³-hybridized carbons (Fsp3) is 0.421. The topological polar surface area (TPSA) is 58.1 Å². The Morgan fingerprint density at radius 1 is 1.04 bits per heavy atom. The summed E-state index contributed by atoms with van der Waals surface area (Å²) < 4.78 is 0. The highest BCUT2D eigenvalue weighted by Gasteiger charge is 2.23. The van der Waals surface area contributed by atoms with Gasteiger partial charge in [-0.3, -0.25) is 4.79 Å². The summed E-state index contributed by atoms with van der Waals surface area (Å²) >= 11 is 0. The third-order valence-electron chi connectivity index (χ3n) is 4.66. The molecule has 1 saturated heterocycles. The van der Waals surface area contributed by atoms with Gasteiger partial charge in [0, 0.05) is 30.3 Å². The maximum Gasteiger partial charge on any atom is 0.251 e. The fourth-order valence-electron chi connectivity index (χ4n) is 3.09. The van der Waals surface area contributed by atoms with Gasteiger partial charge in [0.25, 0.3) is 5.91 Å². The summed E-state index contributed by atoms with van der Waals surface area (Å²) in [4.78, 5) is 14.5. The number of hydrogen-bond acceptors (Lipinski definition) is 4. The Labute approximate surface area is 142 Å². The van der Waals surface area contributed by atoms with Crippen LogP contribution in [0.15, 0.2) is 36.4 Å². The van der Waals surface area contributed by atoms with Crippen molar-refractivity contribution < 1.29 is 4.79 Å². The second-order valence-electron chi connectivity index (χ2n) is 6.65. The van der Waals surface area contributed by atoms with Gasteiger partial charge in [-0.05, 0) is 56.4 Å². The van der Waals surface area contributed by atoms with Crippen LogP contribution in [0.3, 0.4) is 0 Å². The Morgan fingerprint density at radius 2 is 1.88 bits per heavy atom. The highest BCUT2D eigenvalue weighted by molar-refractivity contribution is 5.95. The molecule has 5 nitrogen and oxygen atoms in total. The summed E-state index contributed by atoms with van der Waals surface area (Å²) in [5.74, 6) is 0.943. The van der Waals surface area contributed by atoms with E-state index in [4.69, 9.17) is 0 Å². The van der Waals surface area contributed by atoms with Crippen molar-refractivity contribution >= 4 is 11.7 Å². The molecule has 0 radical (unpaired) electrons. The van der Waals surface area contributed by atoms with Gasteiger partial charge in [0.2, 0.25) is 0 Å². The molecule has 0 bridgehead atoms. The summed E-state index contributed by atoms with van der Waals surface area (Å²) in [5, 5.41) is 11.8. The van der Waals surface area contributed by atoms with Gasteiger partial charge >= 0.3 is 0 Å². The second-order valence-corrected chi connectivity index (χ2v) is 6.65. The van der Waals surface area contributed by atoms with Crippen molar-refractivity contribution in [2.24, 2.45) is 0 Å². The Bertz CT molecular complexity index is 718. The quantitative estimate of drug-likeness (QED) is 0.940. The van der Waals surface area contributed by atoms with Crippen molar-refractivity contribution in [3.63, 3.8) is 0 Å². The predicted molar refractivity (Wildman–Crippen MR) is 94.0 cm³/mol. The normalized spacial score (nSPS) is 17.6. The van der Waals surface area contributed by atoms with Gasteiger partial charge in [-0.2, -0.15) is 0 Å². The number of hydrogen-bond donors (Lipinski definition) is 1. The highest BCUT2D eigenvalue weighted by Crippen LogP contribution is 2.23. The zero-order chi connectivity index (χ0) is 16.4. The number of nitrogens with one attached hydrogen (secondary N) is 1. The van der Waals surface area contributed by atoms with E-state index in [1.54, 1.807) is 0 Å². The summed E-state index contributed by atoms with van der Waals surface area (Å²) in [6, 6.07) is 12.0. The van der Waals surface area contributed by atoms with Crippen LogP contribution in [-0.4, -0.2) is 35.2 Å². The maximum atomic E-state index is 12.2. The van der Waals surface area contributed by atoms with Crippen molar-refractivity contribution in [3.8, 4) is 11.3 Å². The molecule has 1 aromatic carbocycles. The number of amides is 1. The largest absolute Gasteiger partial charge is 0.355 e. The van der Waals surface area contributed by atoms with Crippen LogP contribution >= 0.6 is 0 Å². The number of piperidine rings is 1. The summed E-state index contributed by atoms with van der Waals surface area (Å²) in [7, 11) is 0. The van der Waals surface area contributed by atoms with E-state index in [1.807, 2.05) is 36.4 Å². The van der Waals surface area contributed by atoms with E-state index in [9.17, 15) is 4.79 Å². The minimum Gasteiger partial charge on any atom is -0.355 e. The van der Waals surface area contributed by atoms with Crippen molar-refractivity contribution in [2.45, 2.75) is 38.1 Å². The van der Waals surface area contributed by atoms with Crippen molar-refractivity contribution in [3.05, 3.63) is 42.0 Å². The van der Waals surface area contributed by atoms with E-state index in [1.165, 1.54) is 19.3 Å². The number of carbonyl (C=O) groups excluding carboxylic acids is 1. The third-order valence-corrected chi connectivity index (χ3v) is 4.66. The first-order valence-corrected chi connectivity index (χ1v) is 8.79. The van der Waals surface area contributed by atoms with Crippen LogP contribution in [0.4, 0.5) is 5.82 Å². The molecule has 2 heterocycles. The predicted octanol–water partition coefficient (Wildman–Crippen LogP) is 3.03. The average Bonchev–Trinajstić information content (AvgIpc) is 3.47. The van der Waals surface area contributed by atoms with Crippen LogP contribution in [0.1, 0.15) is 42.5 Å². The molecule has 5 heteroatoms. The smallest absolute Gasteiger partial charge is 0.251 e. The summed E-state index contributed by atoms with van der Waals surface area (Å²) in [5.41, 5.74) is 2.41. The Balaban J connectivity index is 1.51. The Hall–Kier alpha value is -2.43. The first-order chi connectivity index (χ1) is 11.8. The molecule has 0 unspecified atom stereocenters. The van der Waals surface area contributed by atoms with Gasteiger partial charge in [0.1, 0.15) is 0 Å². The standard InChI is InChI=1S/C19H22N4O/c24-19(20-16-7-8-16)15-6-4-5-14(13-15)17-9-10-18(22-21-17)23-11-2-1-3-12-23/h4-6,9-10,13,16H,1-3,7-8,11-12H2,(H,20,24). The van der Waals surface area contributed by atoms with E-state index < -0.39 is 0 Å². The first kappa shape index (κ1) is 15.1. The van der Waals surface area contributed by atoms with Crippen LogP contribution in [0.5, 0.6) is 0 Å². The monoisotopic (exact) mass is 322 g/mol. The molecule has 24 heavy (non-hydrogen) atoms. The van der Waals surface area contributed by atoms with Crippen LogP contribution in [0.25, 0.3) is 11.3 Å². The SMILES string of the molecule is O=C(NC1CC1)c1cccc(-c2ccc(N3CCCCC3)nn2)c1. The minimum absolute atomic E-state index is 0.00255. The molecule has 0 atom stereocenters. The number of benzene rings is 1. The van der Waals surface area contributed by atoms with Gasteiger partial charge in [-0.15, -0.1) is 10.2 Å². The fourth-order valence-corrected chi connectivity index (χ4v) is 3.09. The van der Waals surface area contributed by atoms with Gasteiger partial charge < -0.3 is 10.2 Å². The molecule has 1 N–H and O–H groups in total. The third kappa shape index (κ3) is 3.40. The molecule has 2 aromatic rings. The Morgan fingerprint density at radius 3 is 2.58 bits per heavy atom. The average molecular weight is 322 g/mol. The second kappa shape index (κ2) is 6.59. The lowest BCUT2D eigenvalue weighted by atomic mass is 10.1. The molecule has 124 valence electrons. The first-order valence-electron chi connectivity index (χ1n) is 8.79. The molecule has 1 aliphatic heterocycles. The molecule has 1 amide bonds. The molecule has 1 saturated carbocycles. The molecule has 2 aliphatic rings. The molecule has 1 aromatic heterocycles. The van der Waals surface area contributed by atoms with E-state index in [2.05, 4.69) is 20.4 Å². The number of anilines is 1. The van der Waals surface area contributed by atoms with E-state index >= 15 is 0 Å². The summed E-state index contributed by atoms with van der Waals surface area (Å²) in [6.07, 6.45) is 5.94. The van der Waals surface area contributed by atoms with Crippen LogP contribution in [0, 0.1) is 0 Å². The van der Waals surface area contributed by atoms with Crippen molar-refractivity contribution in [2.75, 3.05) is 18.0 Å². The lowest BCUT2D eigenvalue weighted by molar-refractivity contribution is 0.0951. The van der Waals surface area contributed by atoms with E-state index in [0.29, 0.717) is 11.6 Å². The van der Waals surface area contributed by atoms with E-state index in [0.717, 1.165) is 43.0 Å². The maximum absolute atomic E-state index is 12.2. The van der Waals surface area contributed by atoms with Crippen molar-refractivity contribution in [1.29, 1.82) is 0 Å². The number of rotatable bonds is 4. The van der Waals surface area contributed by atoms with Gasteiger partial charge in [-0.25, -0.2) is 0 Å². The molecule has 2 fully saturated rings. The molecule has 1 aliphatic carbocycles. The van der Waals surface area contributed by atoms with Crippen molar-refractivity contribution in [1.82, 2.24) is 15.5 Å². The number of carbonyl (C=O) groups is 1. The van der Waals surface area contributed by atoms with Crippen LogP contribution < -0.4 is 10.2 Å². The lowest BCUT2D eigenvalue weighted by Gasteiger charge is -2.27. The molecule has 4 rings (SSSR count). The molecule has 0 spiro atoms. The van der Waals surface area contributed by atoms with Gasteiger partial charge in [-0.1, -0.05) is 12.1 Å². The molecular formula is C19H22N4O. The summed E-state index contributed by atoms with van der Waals surface area (Å²) in [6.45, 7) is 2.12. The van der Waals surface area contributed by atoms with Gasteiger partial charge in [0.15, 0.2) is 5.82 Å². The number of aromatic nitrogens is 2. The van der Waals surface area contributed by atoms with Gasteiger partial charge in [0.05, 0.1) is 5.69 Å². The molecular weight excluding hydrogens is 300 g/mol. The van der Waals surface area contributed by atoms with Crippen LogP contribution in [-0.2, 0) is 0 Å². The van der Waals surface area contributed by atoms with Crippen LogP contribution in [0.2, 0.25) is 0 Å². The lowest BCUT2D eigenvalue weighted by Crippen LogP contribution is -2.30. The zero-order valence-electron chi connectivity index (χ0n) is 13.7.